The molecule has 3 N–H and O–H groups in total. The van der Waals surface area contributed by atoms with Gasteiger partial charge >= 0.3 is 6.09 Å². The summed E-state index contributed by atoms with van der Waals surface area (Å²) in [7, 11) is 1.24. The number of fused-ring (bicyclic) bond motifs is 4. The molecule has 0 unspecified atom stereocenters. The maximum Gasteiger partial charge on any atom is 0.411 e. The SMILES string of the molecule is COC(=O)Nc1ccc2c(c1)NC(=O)[C@H](C)CCC[C@H](Nc1nnn(-c3cccc(Cl)c3F)c1C)c1cc-2c(F)cn1. The number of anilines is 3. The van der Waals surface area contributed by atoms with Crippen molar-refractivity contribution < 1.29 is 23.1 Å². The fraction of sp³-hybridized carbons (Fsp3) is 0.276. The lowest BCUT2D eigenvalue weighted by Crippen LogP contribution is -2.22. The lowest BCUT2D eigenvalue weighted by molar-refractivity contribution is -0.119. The largest absolute Gasteiger partial charge is 0.453 e. The van der Waals surface area contributed by atoms with Crippen LogP contribution in [0.4, 0.5) is 30.8 Å². The molecule has 0 saturated heterocycles. The van der Waals surface area contributed by atoms with E-state index < -0.39 is 23.8 Å². The third-order valence-electron chi connectivity index (χ3n) is 7.18. The Morgan fingerprint density at radius 3 is 2.76 bits per heavy atom. The molecule has 3 heterocycles. The fourth-order valence-corrected chi connectivity index (χ4v) is 4.97. The highest BCUT2D eigenvalue weighted by molar-refractivity contribution is 6.30. The molecule has 4 aromatic rings. The van der Waals surface area contributed by atoms with Gasteiger partial charge in [0.15, 0.2) is 11.6 Å². The van der Waals surface area contributed by atoms with Gasteiger partial charge in [0.05, 0.1) is 41.4 Å². The van der Waals surface area contributed by atoms with Gasteiger partial charge in [0.25, 0.3) is 0 Å². The second-order valence-electron chi connectivity index (χ2n) is 9.99. The molecule has 0 aliphatic carbocycles. The molecule has 2 atom stereocenters. The van der Waals surface area contributed by atoms with Gasteiger partial charge in [-0.05, 0) is 50.1 Å². The monoisotopic (exact) mass is 595 g/mol. The highest BCUT2D eigenvalue weighted by Gasteiger charge is 2.24. The van der Waals surface area contributed by atoms with E-state index in [4.69, 9.17) is 11.6 Å². The fourth-order valence-electron chi connectivity index (χ4n) is 4.80. The van der Waals surface area contributed by atoms with E-state index in [0.717, 1.165) is 6.20 Å². The molecular formula is C29H28ClF2N7O3. The minimum atomic E-state index is -0.681. The first-order chi connectivity index (χ1) is 20.2. The maximum atomic E-state index is 15.3. The first-order valence-electron chi connectivity index (χ1n) is 13.2. The molecule has 0 saturated carbocycles. The first kappa shape index (κ1) is 28.9. The zero-order valence-corrected chi connectivity index (χ0v) is 23.8. The molecule has 5 rings (SSSR count). The van der Waals surface area contributed by atoms with Crippen LogP contribution in [0.3, 0.4) is 0 Å². The Balaban J connectivity index is 1.55. The summed E-state index contributed by atoms with van der Waals surface area (Å²) in [5, 5.41) is 17.1. The van der Waals surface area contributed by atoms with Crippen LogP contribution in [0.1, 0.15) is 43.6 Å². The predicted molar refractivity (Wildman–Crippen MR) is 155 cm³/mol. The number of carbonyl (C=O) groups excluding carboxylic acids is 2. The number of amides is 2. The summed E-state index contributed by atoms with van der Waals surface area (Å²) < 4.78 is 36.0. The Kier molecular flexibility index (Phi) is 8.34. The van der Waals surface area contributed by atoms with Crippen LogP contribution in [0.5, 0.6) is 0 Å². The van der Waals surface area contributed by atoms with Gasteiger partial charge in [0.2, 0.25) is 5.91 Å². The van der Waals surface area contributed by atoms with Crippen molar-refractivity contribution in [3.05, 3.63) is 76.7 Å². The summed E-state index contributed by atoms with van der Waals surface area (Å²) in [6.07, 6.45) is 2.19. The third kappa shape index (κ3) is 5.89. The Morgan fingerprint density at radius 1 is 1.17 bits per heavy atom. The first-order valence-corrected chi connectivity index (χ1v) is 13.6. The summed E-state index contributed by atoms with van der Waals surface area (Å²) in [5.74, 6) is -1.42. The molecule has 2 aromatic carbocycles. The van der Waals surface area contributed by atoms with Crippen LogP contribution in [0.15, 0.2) is 48.7 Å². The van der Waals surface area contributed by atoms with E-state index in [2.05, 4.69) is 36.0 Å². The van der Waals surface area contributed by atoms with Crippen molar-refractivity contribution >= 4 is 40.8 Å². The van der Waals surface area contributed by atoms with Gasteiger partial charge in [-0.3, -0.25) is 15.1 Å². The smallest absolute Gasteiger partial charge is 0.411 e. The minimum absolute atomic E-state index is 0.0362. The number of nitrogens with one attached hydrogen (secondary N) is 3. The molecule has 10 nitrogen and oxygen atoms in total. The number of methoxy groups -OCH3 is 1. The van der Waals surface area contributed by atoms with E-state index in [1.165, 1.54) is 17.9 Å². The number of nitrogens with zero attached hydrogens (tertiary/aromatic N) is 4. The van der Waals surface area contributed by atoms with E-state index in [9.17, 15) is 14.0 Å². The predicted octanol–water partition coefficient (Wildman–Crippen LogP) is 6.66. The zero-order chi connectivity index (χ0) is 30.0. The summed E-state index contributed by atoms with van der Waals surface area (Å²) in [5.41, 5.74) is 2.53. The summed E-state index contributed by atoms with van der Waals surface area (Å²) >= 11 is 5.97. The summed E-state index contributed by atoms with van der Waals surface area (Å²) in [4.78, 5) is 29.2. The number of aromatic nitrogens is 4. The van der Waals surface area contributed by atoms with Gasteiger partial charge in [0, 0.05) is 22.7 Å². The minimum Gasteiger partial charge on any atom is -0.453 e. The molecule has 42 heavy (non-hydrogen) atoms. The quantitative estimate of drug-likeness (QED) is 0.241. The number of pyridine rings is 1. The van der Waals surface area contributed by atoms with Gasteiger partial charge in [-0.2, -0.15) is 0 Å². The number of hydrogen-bond donors (Lipinski definition) is 3. The summed E-state index contributed by atoms with van der Waals surface area (Å²) in [6.45, 7) is 3.55. The highest BCUT2D eigenvalue weighted by atomic mass is 35.5. The molecule has 218 valence electrons. The van der Waals surface area contributed by atoms with Crippen LogP contribution < -0.4 is 16.0 Å². The van der Waals surface area contributed by atoms with Crippen LogP contribution in [-0.2, 0) is 9.53 Å². The number of carbonyl (C=O) groups is 2. The highest BCUT2D eigenvalue weighted by Crippen LogP contribution is 2.36. The Morgan fingerprint density at radius 2 is 1.98 bits per heavy atom. The van der Waals surface area contributed by atoms with Crippen molar-refractivity contribution in [2.24, 2.45) is 5.92 Å². The van der Waals surface area contributed by atoms with Gasteiger partial charge in [-0.1, -0.05) is 42.3 Å². The van der Waals surface area contributed by atoms with Crippen molar-refractivity contribution in [2.75, 3.05) is 23.1 Å². The number of ether oxygens (including phenoxy) is 1. The molecule has 2 aromatic heterocycles. The molecular weight excluding hydrogens is 568 g/mol. The number of halogens is 3. The molecule has 0 radical (unpaired) electrons. The van der Waals surface area contributed by atoms with Crippen LogP contribution >= 0.6 is 11.6 Å². The van der Waals surface area contributed by atoms with E-state index in [1.54, 1.807) is 43.3 Å². The molecule has 1 aliphatic heterocycles. The zero-order valence-electron chi connectivity index (χ0n) is 23.0. The van der Waals surface area contributed by atoms with E-state index >= 15 is 4.39 Å². The van der Waals surface area contributed by atoms with Crippen LogP contribution in [-0.4, -0.2) is 39.1 Å². The van der Waals surface area contributed by atoms with Crippen molar-refractivity contribution in [2.45, 2.75) is 39.2 Å². The van der Waals surface area contributed by atoms with Crippen molar-refractivity contribution in [1.29, 1.82) is 0 Å². The lowest BCUT2D eigenvalue weighted by atomic mass is 9.95. The molecule has 0 spiro atoms. The van der Waals surface area contributed by atoms with Gasteiger partial charge in [-0.15, -0.1) is 5.10 Å². The van der Waals surface area contributed by atoms with Crippen molar-refractivity contribution in [1.82, 2.24) is 20.0 Å². The number of rotatable bonds is 4. The third-order valence-corrected chi connectivity index (χ3v) is 7.47. The van der Waals surface area contributed by atoms with E-state index in [0.29, 0.717) is 53.4 Å². The molecule has 2 bridgehead atoms. The van der Waals surface area contributed by atoms with Crippen molar-refractivity contribution in [3.63, 3.8) is 0 Å². The molecule has 13 heteroatoms. The second kappa shape index (κ2) is 12.1. The average molecular weight is 596 g/mol. The van der Waals surface area contributed by atoms with Crippen LogP contribution in [0.2, 0.25) is 5.02 Å². The maximum absolute atomic E-state index is 15.3. The standard InChI is InChI=1S/C29H28ClF2N7O3/c1-15-6-4-8-22(35-27-16(2)39(38-37-27)25-9-5-7-20(30)26(25)32)24-13-19(21(31)14-33-24)18-11-10-17(34-29(41)42-3)12-23(18)36-28(15)40/h5,7,9-15,22,35H,4,6,8H2,1-3H3,(H,34,41)(H,36,40)/t15-,22+/m1/s1. The van der Waals surface area contributed by atoms with Crippen LogP contribution in [0, 0.1) is 24.5 Å². The van der Waals surface area contributed by atoms with E-state index in [1.807, 2.05) is 6.92 Å². The summed E-state index contributed by atoms with van der Waals surface area (Å²) in [6, 6.07) is 10.5. The van der Waals surface area contributed by atoms with Gasteiger partial charge < -0.3 is 15.4 Å². The van der Waals surface area contributed by atoms with Crippen molar-refractivity contribution in [3.8, 4) is 16.8 Å². The molecule has 2 amide bonds. The Bertz CT molecular complexity index is 1660. The Labute approximate surface area is 245 Å². The Hall–Kier alpha value is -4.58. The number of benzene rings is 2. The average Bonchev–Trinajstić information content (AvgIpc) is 3.33. The molecule has 0 fully saturated rings. The van der Waals surface area contributed by atoms with E-state index in [-0.39, 0.29) is 28.1 Å². The van der Waals surface area contributed by atoms with Gasteiger partial charge in [-0.25, -0.2) is 18.3 Å². The second-order valence-corrected chi connectivity index (χ2v) is 10.4. The van der Waals surface area contributed by atoms with Gasteiger partial charge in [0.1, 0.15) is 11.5 Å². The number of hydrogen-bond acceptors (Lipinski definition) is 7. The molecule has 1 aliphatic rings. The topological polar surface area (TPSA) is 123 Å². The lowest BCUT2D eigenvalue weighted by Gasteiger charge is -2.23. The normalized spacial score (nSPS) is 16.9. The van der Waals surface area contributed by atoms with Crippen LogP contribution in [0.25, 0.3) is 16.8 Å².